The van der Waals surface area contributed by atoms with Crippen LogP contribution in [0.3, 0.4) is 0 Å². The monoisotopic (exact) mass is 242 g/mol. The number of hydrogen-bond donors (Lipinski definition) is 0. The quantitative estimate of drug-likeness (QED) is 0.754. The molecule has 1 aliphatic carbocycles. The maximum atomic E-state index is 6.05. The summed E-state index contributed by atoms with van der Waals surface area (Å²) >= 11 is 0. The molecule has 0 spiro atoms. The van der Waals surface area contributed by atoms with Gasteiger partial charge in [-0.15, -0.1) is 0 Å². The van der Waals surface area contributed by atoms with Crippen molar-refractivity contribution in [3.05, 3.63) is 52.6 Å². The summed E-state index contributed by atoms with van der Waals surface area (Å²) in [7, 11) is 0. The lowest BCUT2D eigenvalue weighted by Crippen LogP contribution is -2.06. The molecule has 1 heteroatoms. The first-order chi connectivity index (χ1) is 8.72. The first-order valence-electron chi connectivity index (χ1n) is 6.78. The molecule has 0 aliphatic heterocycles. The van der Waals surface area contributed by atoms with Gasteiger partial charge in [-0.25, -0.2) is 0 Å². The average molecular weight is 242 g/mol. The summed E-state index contributed by atoms with van der Waals surface area (Å²) in [4.78, 5) is 0. The second-order valence-electron chi connectivity index (χ2n) is 4.93. The minimum absolute atomic E-state index is 0.721. The Balaban J connectivity index is 2.13. The number of ether oxygens (including phenoxy) is 1. The molecule has 0 fully saturated rings. The number of hydrogen-bond acceptors (Lipinski definition) is 1. The Morgan fingerprint density at radius 3 is 2.72 bits per heavy atom. The third-order valence-corrected chi connectivity index (χ3v) is 3.60. The van der Waals surface area contributed by atoms with Gasteiger partial charge in [0.1, 0.15) is 12.4 Å². The van der Waals surface area contributed by atoms with Gasteiger partial charge in [0.15, 0.2) is 0 Å². The van der Waals surface area contributed by atoms with E-state index in [9.17, 15) is 0 Å². The van der Waals surface area contributed by atoms with Crippen molar-refractivity contribution in [3.63, 3.8) is 0 Å². The van der Waals surface area contributed by atoms with E-state index in [4.69, 9.17) is 4.74 Å². The smallest absolute Gasteiger partial charge is 0.125 e. The third kappa shape index (κ3) is 2.84. The van der Waals surface area contributed by atoms with Crippen molar-refractivity contribution in [1.29, 1.82) is 0 Å². The molecule has 96 valence electrons. The highest BCUT2D eigenvalue weighted by atomic mass is 16.5. The van der Waals surface area contributed by atoms with Gasteiger partial charge in [-0.05, 0) is 55.4 Å². The van der Waals surface area contributed by atoms with Crippen LogP contribution in [-0.4, -0.2) is 6.61 Å². The molecule has 1 nitrogen and oxygen atoms in total. The molecule has 0 unspecified atom stereocenters. The molecule has 0 N–H and O–H groups in total. The van der Waals surface area contributed by atoms with Crippen LogP contribution >= 0.6 is 0 Å². The Kier molecular flexibility index (Phi) is 4.24. The van der Waals surface area contributed by atoms with Crippen molar-refractivity contribution in [3.8, 4) is 5.75 Å². The highest BCUT2D eigenvalue weighted by molar-refractivity contribution is 5.45. The Morgan fingerprint density at radius 2 is 2.06 bits per heavy atom. The predicted molar refractivity (Wildman–Crippen MR) is 77.2 cm³/mol. The summed E-state index contributed by atoms with van der Waals surface area (Å²) < 4.78 is 6.05. The average Bonchev–Trinajstić information content (AvgIpc) is 2.40. The van der Waals surface area contributed by atoms with Crippen molar-refractivity contribution < 1.29 is 4.74 Å². The van der Waals surface area contributed by atoms with E-state index >= 15 is 0 Å². The Bertz CT molecular complexity index is 481. The van der Waals surface area contributed by atoms with Crippen molar-refractivity contribution in [1.82, 2.24) is 0 Å². The molecule has 18 heavy (non-hydrogen) atoms. The summed E-state index contributed by atoms with van der Waals surface area (Å²) in [5, 5.41) is 0. The Hall–Kier alpha value is -1.50. The second kappa shape index (κ2) is 5.90. The van der Waals surface area contributed by atoms with E-state index in [0.717, 1.165) is 31.6 Å². The zero-order valence-corrected chi connectivity index (χ0v) is 11.6. The van der Waals surface area contributed by atoms with Crippen molar-refractivity contribution >= 4 is 0 Å². The maximum absolute atomic E-state index is 6.05. The first-order valence-corrected chi connectivity index (χ1v) is 6.78. The van der Waals surface area contributed by atoms with Gasteiger partial charge in [0.2, 0.25) is 0 Å². The van der Waals surface area contributed by atoms with Crippen LogP contribution in [0.25, 0.3) is 0 Å². The lowest BCUT2D eigenvalue weighted by atomic mass is 10.0. The van der Waals surface area contributed by atoms with Gasteiger partial charge in [-0.1, -0.05) is 37.3 Å². The largest absolute Gasteiger partial charge is 0.489 e. The molecule has 0 atom stereocenters. The van der Waals surface area contributed by atoms with Crippen molar-refractivity contribution in [2.24, 2.45) is 0 Å². The molecule has 0 heterocycles. The Morgan fingerprint density at radius 1 is 1.22 bits per heavy atom. The maximum Gasteiger partial charge on any atom is 0.125 e. The van der Waals surface area contributed by atoms with Crippen LogP contribution in [-0.2, 0) is 6.42 Å². The van der Waals surface area contributed by atoms with Gasteiger partial charge in [-0.3, -0.25) is 0 Å². The van der Waals surface area contributed by atoms with E-state index in [1.54, 1.807) is 0 Å². The molecule has 0 saturated heterocycles. The zero-order chi connectivity index (χ0) is 13.0. The van der Waals surface area contributed by atoms with Crippen LogP contribution in [0.4, 0.5) is 0 Å². The Labute approximate surface area is 110 Å². The van der Waals surface area contributed by atoms with E-state index in [-0.39, 0.29) is 0 Å². The fourth-order valence-electron chi connectivity index (χ4n) is 2.41. The van der Waals surface area contributed by atoms with Gasteiger partial charge in [-0.2, -0.15) is 0 Å². The van der Waals surface area contributed by atoms with Crippen molar-refractivity contribution in [2.45, 2.75) is 40.0 Å². The van der Waals surface area contributed by atoms with E-state index in [0.29, 0.717) is 0 Å². The van der Waals surface area contributed by atoms with Crippen LogP contribution < -0.4 is 4.74 Å². The van der Waals surface area contributed by atoms with Gasteiger partial charge in [0.05, 0.1) is 0 Å². The van der Waals surface area contributed by atoms with E-state index in [1.165, 1.54) is 22.3 Å². The summed E-state index contributed by atoms with van der Waals surface area (Å²) in [5.74, 6) is 1.07. The molecule has 2 rings (SSSR count). The number of benzene rings is 1. The molecule has 1 aliphatic rings. The molecule has 0 radical (unpaired) electrons. The highest BCUT2D eigenvalue weighted by Gasteiger charge is 2.09. The van der Waals surface area contributed by atoms with E-state index in [1.807, 2.05) is 0 Å². The van der Waals surface area contributed by atoms with Crippen LogP contribution in [0.15, 0.2) is 35.9 Å². The topological polar surface area (TPSA) is 9.23 Å². The van der Waals surface area contributed by atoms with E-state index < -0.39 is 0 Å². The SMILES string of the molecule is CCc1ccc(C)c(OCC2=CC=CCC2)c1C. The third-order valence-electron chi connectivity index (χ3n) is 3.60. The molecule has 0 saturated carbocycles. The summed E-state index contributed by atoms with van der Waals surface area (Å²) in [6.07, 6.45) is 9.85. The van der Waals surface area contributed by atoms with Gasteiger partial charge in [0.25, 0.3) is 0 Å². The second-order valence-corrected chi connectivity index (χ2v) is 4.93. The summed E-state index contributed by atoms with van der Waals surface area (Å²) in [5.41, 5.74) is 5.30. The first kappa shape index (κ1) is 12.9. The number of allylic oxidation sites excluding steroid dienone is 3. The summed E-state index contributed by atoms with van der Waals surface area (Å²) in [6.45, 7) is 7.20. The molecular weight excluding hydrogens is 220 g/mol. The van der Waals surface area contributed by atoms with Crippen LogP contribution in [0.1, 0.15) is 36.5 Å². The van der Waals surface area contributed by atoms with Crippen LogP contribution in [0.5, 0.6) is 5.75 Å². The minimum atomic E-state index is 0.721. The molecule has 0 bridgehead atoms. The van der Waals surface area contributed by atoms with Crippen LogP contribution in [0.2, 0.25) is 0 Å². The molecular formula is C17H22O. The van der Waals surface area contributed by atoms with Gasteiger partial charge >= 0.3 is 0 Å². The number of aryl methyl sites for hydroxylation is 2. The van der Waals surface area contributed by atoms with E-state index in [2.05, 4.69) is 51.1 Å². The fourth-order valence-corrected chi connectivity index (χ4v) is 2.41. The zero-order valence-electron chi connectivity index (χ0n) is 11.6. The molecule has 1 aromatic rings. The van der Waals surface area contributed by atoms with Crippen LogP contribution in [0, 0.1) is 13.8 Å². The van der Waals surface area contributed by atoms with Crippen molar-refractivity contribution in [2.75, 3.05) is 6.61 Å². The van der Waals surface area contributed by atoms with Gasteiger partial charge < -0.3 is 4.74 Å². The molecule has 1 aromatic carbocycles. The number of rotatable bonds is 4. The lowest BCUT2D eigenvalue weighted by Gasteiger charge is -2.16. The predicted octanol–water partition coefficient (Wildman–Crippen LogP) is 4.52. The molecule has 0 amide bonds. The minimum Gasteiger partial charge on any atom is -0.489 e. The highest BCUT2D eigenvalue weighted by Crippen LogP contribution is 2.27. The lowest BCUT2D eigenvalue weighted by molar-refractivity contribution is 0.342. The normalized spacial score (nSPS) is 14.5. The summed E-state index contributed by atoms with van der Waals surface area (Å²) in [6, 6.07) is 4.37. The molecule has 0 aromatic heterocycles. The van der Waals surface area contributed by atoms with Gasteiger partial charge in [0, 0.05) is 0 Å². The standard InChI is InChI=1S/C17H22O/c1-4-16-11-10-13(2)17(14(16)3)18-12-15-8-6-5-7-9-15/h5-6,8,10-11H,4,7,9,12H2,1-3H3. The fraction of sp³-hybridized carbons (Fsp3) is 0.412.